The molecule has 2 N–H and O–H groups in total. The Morgan fingerprint density at radius 1 is 1.62 bits per heavy atom. The van der Waals surface area contributed by atoms with E-state index >= 15 is 0 Å². The molecule has 1 aliphatic rings. The first kappa shape index (κ1) is 10.5. The van der Waals surface area contributed by atoms with Crippen molar-refractivity contribution in [3.8, 4) is 6.07 Å². The maximum atomic E-state index is 8.47. The lowest BCUT2D eigenvalue weighted by molar-refractivity contribution is 0.155. The van der Waals surface area contributed by atoms with E-state index in [1.54, 1.807) is 0 Å². The number of nitriles is 1. The van der Waals surface area contributed by atoms with Gasteiger partial charge in [0.15, 0.2) is 0 Å². The van der Waals surface area contributed by atoms with Crippen LogP contribution in [0.4, 0.5) is 0 Å². The van der Waals surface area contributed by atoms with Crippen LogP contribution in [0.25, 0.3) is 0 Å². The molecule has 0 spiro atoms. The summed E-state index contributed by atoms with van der Waals surface area (Å²) in [7, 11) is 0. The minimum absolute atomic E-state index is 0.378. The third kappa shape index (κ3) is 2.98. The number of nitrogens with two attached hydrogens (primary N) is 1. The van der Waals surface area contributed by atoms with E-state index in [0.717, 1.165) is 32.5 Å². The van der Waals surface area contributed by atoms with Crippen LogP contribution in [0.15, 0.2) is 0 Å². The van der Waals surface area contributed by atoms with Crippen LogP contribution in [0.1, 0.15) is 26.2 Å². The van der Waals surface area contributed by atoms with Gasteiger partial charge in [-0.15, -0.1) is 0 Å². The Hall–Kier alpha value is -0.590. The predicted molar refractivity (Wildman–Crippen MR) is 53.0 cm³/mol. The molecule has 2 atom stereocenters. The monoisotopic (exact) mass is 181 g/mol. The van der Waals surface area contributed by atoms with Crippen molar-refractivity contribution >= 4 is 0 Å². The van der Waals surface area contributed by atoms with Crippen LogP contribution in [0.5, 0.6) is 0 Å². The zero-order chi connectivity index (χ0) is 9.68. The van der Waals surface area contributed by atoms with Crippen molar-refractivity contribution in [1.82, 2.24) is 4.90 Å². The maximum Gasteiger partial charge on any atom is 0.0635 e. The van der Waals surface area contributed by atoms with Crippen LogP contribution >= 0.6 is 0 Å². The molecule has 0 amide bonds. The second-order valence-electron chi connectivity index (χ2n) is 3.83. The van der Waals surface area contributed by atoms with Gasteiger partial charge in [0.2, 0.25) is 0 Å². The molecule has 3 heteroatoms. The van der Waals surface area contributed by atoms with E-state index < -0.39 is 0 Å². The van der Waals surface area contributed by atoms with E-state index in [4.69, 9.17) is 11.0 Å². The van der Waals surface area contributed by atoms with E-state index in [-0.39, 0.29) is 0 Å². The van der Waals surface area contributed by atoms with Gasteiger partial charge in [-0.2, -0.15) is 5.26 Å². The molecule has 0 aromatic rings. The molecule has 0 saturated carbocycles. The lowest BCUT2D eigenvalue weighted by Gasteiger charge is -2.36. The molecular formula is C10H19N3. The number of hydrogen-bond acceptors (Lipinski definition) is 3. The van der Waals surface area contributed by atoms with Gasteiger partial charge in [-0.3, -0.25) is 0 Å². The van der Waals surface area contributed by atoms with E-state index in [0.29, 0.717) is 18.4 Å². The Bertz CT molecular complexity index is 185. The standard InChI is InChI=1S/C10H19N3/c1-2-9-8-13(6-3-5-11)7-4-10(9)12/h9-10H,2-4,6-8,12H2,1H3. The summed E-state index contributed by atoms with van der Waals surface area (Å²) in [5, 5.41) is 8.47. The van der Waals surface area contributed by atoms with Gasteiger partial charge in [-0.1, -0.05) is 13.3 Å². The van der Waals surface area contributed by atoms with Gasteiger partial charge in [-0.25, -0.2) is 0 Å². The highest BCUT2D eigenvalue weighted by Crippen LogP contribution is 2.18. The minimum atomic E-state index is 0.378. The fraction of sp³-hybridized carbons (Fsp3) is 0.900. The predicted octanol–water partition coefficient (Wildman–Crippen LogP) is 0.959. The van der Waals surface area contributed by atoms with Gasteiger partial charge in [0.05, 0.1) is 6.07 Å². The van der Waals surface area contributed by atoms with Gasteiger partial charge < -0.3 is 10.6 Å². The second-order valence-corrected chi connectivity index (χ2v) is 3.83. The SMILES string of the molecule is CCC1CN(CCC#N)CCC1N. The fourth-order valence-electron chi connectivity index (χ4n) is 1.97. The Morgan fingerprint density at radius 2 is 2.38 bits per heavy atom. The summed E-state index contributed by atoms with van der Waals surface area (Å²) in [5.41, 5.74) is 5.99. The lowest BCUT2D eigenvalue weighted by Crippen LogP contribution is -2.46. The summed E-state index contributed by atoms with van der Waals surface area (Å²) in [6.45, 7) is 5.26. The molecule has 1 heterocycles. The van der Waals surface area contributed by atoms with Gasteiger partial charge in [0.1, 0.15) is 0 Å². The third-order valence-electron chi connectivity index (χ3n) is 2.94. The first-order valence-corrected chi connectivity index (χ1v) is 5.12. The number of hydrogen-bond donors (Lipinski definition) is 1. The highest BCUT2D eigenvalue weighted by molar-refractivity contribution is 4.83. The lowest BCUT2D eigenvalue weighted by atomic mass is 9.91. The summed E-state index contributed by atoms with van der Waals surface area (Å²) >= 11 is 0. The minimum Gasteiger partial charge on any atom is -0.327 e. The van der Waals surface area contributed by atoms with E-state index in [9.17, 15) is 0 Å². The third-order valence-corrected chi connectivity index (χ3v) is 2.94. The average Bonchev–Trinajstić information content (AvgIpc) is 2.16. The Kier molecular flexibility index (Phi) is 4.20. The molecule has 0 aromatic heterocycles. The molecule has 2 unspecified atom stereocenters. The first-order chi connectivity index (χ1) is 6.27. The molecule has 1 saturated heterocycles. The van der Waals surface area contributed by atoms with Gasteiger partial charge in [0, 0.05) is 25.6 Å². The molecule has 0 radical (unpaired) electrons. The van der Waals surface area contributed by atoms with E-state index in [2.05, 4.69) is 17.9 Å². The largest absolute Gasteiger partial charge is 0.327 e. The van der Waals surface area contributed by atoms with Gasteiger partial charge in [0.25, 0.3) is 0 Å². The molecule has 1 aliphatic heterocycles. The zero-order valence-corrected chi connectivity index (χ0v) is 8.37. The summed E-state index contributed by atoms with van der Waals surface area (Å²) in [6, 6.07) is 2.56. The fourth-order valence-corrected chi connectivity index (χ4v) is 1.97. The first-order valence-electron chi connectivity index (χ1n) is 5.12. The average molecular weight is 181 g/mol. The van der Waals surface area contributed by atoms with Crippen LogP contribution < -0.4 is 5.73 Å². The van der Waals surface area contributed by atoms with Crippen LogP contribution in [-0.4, -0.2) is 30.6 Å². The van der Waals surface area contributed by atoms with Crippen molar-refractivity contribution in [3.05, 3.63) is 0 Å². The van der Waals surface area contributed by atoms with Crippen LogP contribution in [0, 0.1) is 17.2 Å². The number of rotatable bonds is 3. The summed E-state index contributed by atoms with van der Waals surface area (Å²) in [6.07, 6.45) is 2.89. The molecule has 0 bridgehead atoms. The summed E-state index contributed by atoms with van der Waals surface area (Å²) in [4.78, 5) is 2.36. The van der Waals surface area contributed by atoms with Crippen LogP contribution in [-0.2, 0) is 0 Å². The molecular weight excluding hydrogens is 162 g/mol. The van der Waals surface area contributed by atoms with E-state index in [1.807, 2.05) is 0 Å². The van der Waals surface area contributed by atoms with Crippen molar-refractivity contribution < 1.29 is 0 Å². The van der Waals surface area contributed by atoms with Gasteiger partial charge >= 0.3 is 0 Å². The number of piperidine rings is 1. The molecule has 1 fully saturated rings. The number of likely N-dealkylation sites (tertiary alicyclic amines) is 1. The summed E-state index contributed by atoms with van der Waals surface area (Å²) < 4.78 is 0. The van der Waals surface area contributed by atoms with Crippen molar-refractivity contribution in [3.63, 3.8) is 0 Å². The number of nitrogens with zero attached hydrogens (tertiary/aromatic N) is 2. The zero-order valence-electron chi connectivity index (χ0n) is 8.37. The normalized spacial score (nSPS) is 29.9. The maximum absolute atomic E-state index is 8.47. The topological polar surface area (TPSA) is 53.0 Å². The Labute approximate surface area is 80.5 Å². The quantitative estimate of drug-likeness (QED) is 0.705. The van der Waals surface area contributed by atoms with Crippen LogP contribution in [0.3, 0.4) is 0 Å². The van der Waals surface area contributed by atoms with Crippen molar-refractivity contribution in [2.75, 3.05) is 19.6 Å². The molecule has 13 heavy (non-hydrogen) atoms. The van der Waals surface area contributed by atoms with Crippen LogP contribution in [0.2, 0.25) is 0 Å². The van der Waals surface area contributed by atoms with Crippen molar-refractivity contribution in [1.29, 1.82) is 5.26 Å². The van der Waals surface area contributed by atoms with Gasteiger partial charge in [-0.05, 0) is 18.9 Å². The molecule has 0 aliphatic carbocycles. The highest BCUT2D eigenvalue weighted by Gasteiger charge is 2.24. The highest BCUT2D eigenvalue weighted by atomic mass is 15.1. The molecule has 1 rings (SSSR count). The molecule has 0 aromatic carbocycles. The second kappa shape index (κ2) is 5.21. The summed E-state index contributed by atoms with van der Waals surface area (Å²) in [5.74, 6) is 0.632. The Morgan fingerprint density at radius 3 is 3.00 bits per heavy atom. The smallest absolute Gasteiger partial charge is 0.0635 e. The van der Waals surface area contributed by atoms with E-state index in [1.165, 1.54) is 0 Å². The molecule has 3 nitrogen and oxygen atoms in total. The Balaban J connectivity index is 2.32. The molecule has 74 valence electrons. The van der Waals surface area contributed by atoms with Crippen molar-refractivity contribution in [2.45, 2.75) is 32.2 Å². The van der Waals surface area contributed by atoms with Crippen molar-refractivity contribution in [2.24, 2.45) is 11.7 Å².